The van der Waals surface area contributed by atoms with Crippen molar-refractivity contribution >= 4 is 35.0 Å². The van der Waals surface area contributed by atoms with Crippen LogP contribution in [0.3, 0.4) is 0 Å². The molecule has 0 unspecified atom stereocenters. The van der Waals surface area contributed by atoms with E-state index in [0.29, 0.717) is 24.1 Å². The molecule has 164 valence electrons. The summed E-state index contributed by atoms with van der Waals surface area (Å²) in [4.78, 5) is 26.0. The van der Waals surface area contributed by atoms with Crippen molar-refractivity contribution in [3.63, 3.8) is 0 Å². The predicted octanol–water partition coefficient (Wildman–Crippen LogP) is 2.92. The van der Waals surface area contributed by atoms with E-state index in [1.54, 1.807) is 12.3 Å². The molecule has 0 aliphatic carbocycles. The Hall–Kier alpha value is -3.05. The van der Waals surface area contributed by atoms with E-state index in [-0.39, 0.29) is 12.5 Å². The van der Waals surface area contributed by atoms with Crippen molar-refractivity contribution in [1.29, 1.82) is 5.26 Å². The summed E-state index contributed by atoms with van der Waals surface area (Å²) in [5.74, 6) is 1.35. The Bertz CT molecular complexity index is 905. The van der Waals surface area contributed by atoms with Crippen LogP contribution in [0.1, 0.15) is 20.3 Å². The zero-order chi connectivity index (χ0) is 22.2. The average molecular weight is 442 g/mol. The number of aromatic nitrogens is 2. The summed E-state index contributed by atoms with van der Waals surface area (Å²) in [6.45, 7) is 7.40. The van der Waals surface area contributed by atoms with Crippen LogP contribution in [0.2, 0.25) is 5.02 Å². The summed E-state index contributed by atoms with van der Waals surface area (Å²) < 4.78 is 0. The average Bonchev–Trinajstić information content (AvgIpc) is 2.77. The van der Waals surface area contributed by atoms with Crippen molar-refractivity contribution in [3.8, 4) is 6.07 Å². The molecular weight excluding hydrogens is 414 g/mol. The van der Waals surface area contributed by atoms with Gasteiger partial charge in [0, 0.05) is 43.1 Å². The number of rotatable bonds is 8. The van der Waals surface area contributed by atoms with Gasteiger partial charge in [0.1, 0.15) is 18.4 Å². The first-order valence-electron chi connectivity index (χ1n) is 10.5. The highest BCUT2D eigenvalue weighted by Crippen LogP contribution is 2.21. The molecule has 3 rings (SSSR count). The van der Waals surface area contributed by atoms with E-state index >= 15 is 0 Å². The molecule has 1 amide bonds. The van der Waals surface area contributed by atoms with Crippen LogP contribution in [0, 0.1) is 17.2 Å². The number of carbonyl (C=O) groups excluding carboxylic acids is 1. The highest BCUT2D eigenvalue weighted by molar-refractivity contribution is 6.30. The van der Waals surface area contributed by atoms with E-state index in [0.717, 1.165) is 36.9 Å². The Morgan fingerprint density at radius 1 is 1.16 bits per heavy atom. The summed E-state index contributed by atoms with van der Waals surface area (Å²) >= 11 is 5.99. The zero-order valence-electron chi connectivity index (χ0n) is 17.9. The van der Waals surface area contributed by atoms with Crippen LogP contribution in [0.25, 0.3) is 0 Å². The highest BCUT2D eigenvalue weighted by atomic mass is 35.5. The molecule has 2 N–H and O–H groups in total. The topological polar surface area (TPSA) is 97.2 Å². The molecule has 9 heteroatoms. The van der Waals surface area contributed by atoms with Gasteiger partial charge in [-0.05, 0) is 42.7 Å². The molecule has 8 nitrogen and oxygen atoms in total. The Morgan fingerprint density at radius 3 is 2.48 bits per heavy atom. The van der Waals surface area contributed by atoms with Gasteiger partial charge in [0.25, 0.3) is 0 Å². The molecule has 2 heterocycles. The number of carbonyl (C=O) groups is 1. The van der Waals surface area contributed by atoms with Crippen LogP contribution >= 0.6 is 11.6 Å². The third-order valence-electron chi connectivity index (χ3n) is 5.08. The lowest BCUT2D eigenvalue weighted by Crippen LogP contribution is -2.47. The van der Waals surface area contributed by atoms with Crippen molar-refractivity contribution < 1.29 is 4.79 Å². The molecule has 2 aromatic rings. The van der Waals surface area contributed by atoms with Crippen molar-refractivity contribution in [2.75, 3.05) is 47.8 Å². The zero-order valence-corrected chi connectivity index (χ0v) is 18.6. The van der Waals surface area contributed by atoms with Gasteiger partial charge >= 0.3 is 0 Å². The molecule has 1 atom stereocenters. The van der Waals surface area contributed by atoms with Crippen LogP contribution < -0.4 is 20.4 Å². The van der Waals surface area contributed by atoms with Gasteiger partial charge in [0.15, 0.2) is 0 Å². The van der Waals surface area contributed by atoms with Gasteiger partial charge in [-0.3, -0.25) is 4.79 Å². The molecule has 1 aromatic carbocycles. The number of nitrogens with zero attached hydrogens (tertiary/aromatic N) is 5. The lowest BCUT2D eigenvalue weighted by molar-refractivity contribution is -0.121. The van der Waals surface area contributed by atoms with Crippen molar-refractivity contribution in [1.82, 2.24) is 15.3 Å². The molecule has 0 bridgehead atoms. The summed E-state index contributed by atoms with van der Waals surface area (Å²) in [5.41, 5.74) is 1.15. The number of halogens is 1. The molecular formula is C22H28ClN7O. The van der Waals surface area contributed by atoms with Crippen LogP contribution in [0.4, 0.5) is 17.5 Å². The summed E-state index contributed by atoms with van der Waals surface area (Å²) in [5, 5.41) is 15.3. The summed E-state index contributed by atoms with van der Waals surface area (Å²) in [7, 11) is 0. The number of amides is 1. The SMILES string of the molecule is CC(C)C[C@H](Nc1ccnc(N2CCN(c3ccc(Cl)cc3)CC2)n1)C(=O)NCC#N. The molecule has 1 aliphatic heterocycles. The van der Waals surface area contributed by atoms with Gasteiger partial charge in [-0.25, -0.2) is 4.98 Å². The second-order valence-electron chi connectivity index (χ2n) is 7.89. The van der Waals surface area contributed by atoms with E-state index in [9.17, 15) is 4.79 Å². The maximum atomic E-state index is 12.4. The molecule has 1 aromatic heterocycles. The summed E-state index contributed by atoms with van der Waals surface area (Å²) in [6.07, 6.45) is 2.34. The molecule has 0 spiro atoms. The van der Waals surface area contributed by atoms with E-state index in [1.165, 1.54) is 0 Å². The third kappa shape index (κ3) is 6.46. The first-order valence-corrected chi connectivity index (χ1v) is 10.8. The molecule has 1 saturated heterocycles. The third-order valence-corrected chi connectivity index (χ3v) is 5.34. The maximum Gasteiger partial charge on any atom is 0.243 e. The molecule has 0 radical (unpaired) electrons. The second-order valence-corrected chi connectivity index (χ2v) is 8.33. The van der Waals surface area contributed by atoms with E-state index in [1.807, 2.05) is 30.3 Å². The van der Waals surface area contributed by atoms with Crippen LogP contribution in [-0.2, 0) is 4.79 Å². The van der Waals surface area contributed by atoms with Crippen molar-refractivity contribution in [2.24, 2.45) is 5.92 Å². The standard InChI is InChI=1S/C22H28ClN7O/c1-16(2)15-19(21(31)25-10-8-24)27-20-7-9-26-22(28-20)30-13-11-29(12-14-30)18-5-3-17(23)4-6-18/h3-7,9,16,19H,10-15H2,1-2H3,(H,25,31)(H,26,27,28)/t19-/m0/s1. The Morgan fingerprint density at radius 2 is 1.84 bits per heavy atom. The van der Waals surface area contributed by atoms with Gasteiger partial charge < -0.3 is 20.4 Å². The normalized spacial score (nSPS) is 14.8. The number of nitriles is 1. The summed E-state index contributed by atoms with van der Waals surface area (Å²) in [6, 6.07) is 11.1. The van der Waals surface area contributed by atoms with Gasteiger partial charge in [0.05, 0.1) is 6.07 Å². The van der Waals surface area contributed by atoms with Gasteiger partial charge in [0.2, 0.25) is 11.9 Å². The first kappa shape index (κ1) is 22.6. The van der Waals surface area contributed by atoms with Crippen LogP contribution in [0.15, 0.2) is 36.5 Å². The Labute approximate surface area is 188 Å². The second kappa shape index (κ2) is 10.8. The number of hydrogen-bond donors (Lipinski definition) is 2. The minimum atomic E-state index is -0.460. The minimum Gasteiger partial charge on any atom is -0.368 e. The predicted molar refractivity (Wildman–Crippen MR) is 123 cm³/mol. The van der Waals surface area contributed by atoms with Crippen LogP contribution in [-0.4, -0.2) is 54.6 Å². The van der Waals surface area contributed by atoms with Crippen molar-refractivity contribution in [3.05, 3.63) is 41.6 Å². The maximum absolute atomic E-state index is 12.4. The molecule has 31 heavy (non-hydrogen) atoms. The number of nitrogens with one attached hydrogen (secondary N) is 2. The largest absolute Gasteiger partial charge is 0.368 e. The number of anilines is 3. The molecule has 0 saturated carbocycles. The smallest absolute Gasteiger partial charge is 0.243 e. The number of hydrogen-bond acceptors (Lipinski definition) is 7. The monoisotopic (exact) mass is 441 g/mol. The quantitative estimate of drug-likeness (QED) is 0.608. The highest BCUT2D eigenvalue weighted by Gasteiger charge is 2.22. The molecule has 1 aliphatic rings. The fourth-order valence-corrected chi connectivity index (χ4v) is 3.65. The Kier molecular flexibility index (Phi) is 7.90. The Balaban J connectivity index is 1.63. The van der Waals surface area contributed by atoms with Gasteiger partial charge in [-0.2, -0.15) is 10.2 Å². The van der Waals surface area contributed by atoms with E-state index < -0.39 is 6.04 Å². The number of piperazine rings is 1. The lowest BCUT2D eigenvalue weighted by Gasteiger charge is -2.36. The fourth-order valence-electron chi connectivity index (χ4n) is 3.53. The van der Waals surface area contributed by atoms with E-state index in [4.69, 9.17) is 16.9 Å². The number of benzene rings is 1. The lowest BCUT2D eigenvalue weighted by atomic mass is 10.0. The van der Waals surface area contributed by atoms with Crippen LogP contribution in [0.5, 0.6) is 0 Å². The van der Waals surface area contributed by atoms with E-state index in [2.05, 4.69) is 44.2 Å². The van der Waals surface area contributed by atoms with Gasteiger partial charge in [-0.15, -0.1) is 0 Å². The minimum absolute atomic E-state index is 0.0119. The fraction of sp³-hybridized carbons (Fsp3) is 0.455. The first-order chi connectivity index (χ1) is 15.0. The van der Waals surface area contributed by atoms with Crippen molar-refractivity contribution in [2.45, 2.75) is 26.3 Å². The molecule has 1 fully saturated rings. The van der Waals surface area contributed by atoms with Gasteiger partial charge in [-0.1, -0.05) is 25.4 Å².